The number of aliphatic hydroxyl groups excluding tert-OH is 1. The van der Waals surface area contributed by atoms with Crippen LogP contribution in [0, 0.1) is 13.8 Å². The Bertz CT molecular complexity index is 1820. The minimum absolute atomic E-state index is 0.0463. The van der Waals surface area contributed by atoms with Gasteiger partial charge in [0.1, 0.15) is 5.82 Å². The number of carbonyl (C=O) groups is 1. The van der Waals surface area contributed by atoms with Gasteiger partial charge in [-0.05, 0) is 87.0 Å². The van der Waals surface area contributed by atoms with Crippen molar-refractivity contribution in [1.29, 1.82) is 0 Å². The van der Waals surface area contributed by atoms with E-state index in [0.717, 1.165) is 29.5 Å². The summed E-state index contributed by atoms with van der Waals surface area (Å²) in [6, 6.07) is 17.5. The standard InChI is InChI=1S/C30H31F6N3O2.C7H9BO2/c1-18-8-5-6-10-23(18)24-15-26(39-11-7-9-22(39)17-40)37-16-25(24)38(4)27(41)28(2,3)19-12-20(29(31,32)33)14-21(13-19)30(34,35)36;1-6-4-2-3-5-7(6)8(9)10/h5-6,8,10,12-16,22,40H,7,9,11,17H2,1-4H3;2-5,9-10H,1H3/t22-;/m0./s1. The van der Waals surface area contributed by atoms with Crippen molar-refractivity contribution in [2.45, 2.75) is 64.3 Å². The zero-order valence-electron chi connectivity index (χ0n) is 28.8. The lowest BCUT2D eigenvalue weighted by Crippen LogP contribution is -2.42. The van der Waals surface area contributed by atoms with Crippen LogP contribution in [-0.4, -0.2) is 59.4 Å². The molecule has 7 nitrogen and oxygen atoms in total. The van der Waals surface area contributed by atoms with Crippen LogP contribution in [0.5, 0.6) is 0 Å². The average molecular weight is 716 g/mol. The number of rotatable bonds is 7. The van der Waals surface area contributed by atoms with Crippen molar-refractivity contribution in [2.75, 3.05) is 30.0 Å². The van der Waals surface area contributed by atoms with E-state index in [1.165, 1.54) is 32.0 Å². The number of hydrogen-bond acceptors (Lipinski definition) is 6. The number of anilines is 2. The fourth-order valence-corrected chi connectivity index (χ4v) is 6.12. The topological polar surface area (TPSA) is 97.1 Å². The minimum atomic E-state index is -5.04. The number of carbonyl (C=O) groups excluding carboxylic acids is 1. The molecule has 0 spiro atoms. The highest BCUT2D eigenvalue weighted by molar-refractivity contribution is 6.59. The third-order valence-corrected chi connectivity index (χ3v) is 9.16. The van der Waals surface area contributed by atoms with Crippen LogP contribution in [0.25, 0.3) is 11.1 Å². The first-order chi connectivity index (χ1) is 23.8. The van der Waals surface area contributed by atoms with Crippen molar-refractivity contribution in [1.82, 2.24) is 4.98 Å². The van der Waals surface area contributed by atoms with E-state index in [9.17, 15) is 36.2 Å². The van der Waals surface area contributed by atoms with E-state index in [2.05, 4.69) is 4.98 Å². The monoisotopic (exact) mass is 715 g/mol. The molecule has 4 aromatic rings. The van der Waals surface area contributed by atoms with Gasteiger partial charge in [0.15, 0.2) is 0 Å². The predicted molar refractivity (Wildman–Crippen MR) is 186 cm³/mol. The van der Waals surface area contributed by atoms with Crippen LogP contribution < -0.4 is 15.3 Å². The van der Waals surface area contributed by atoms with Gasteiger partial charge in [-0.25, -0.2) is 4.98 Å². The first-order valence-electron chi connectivity index (χ1n) is 16.2. The SMILES string of the molecule is Cc1ccccc1-c1cc(N2CCC[C@H]2CO)ncc1N(C)C(=O)C(C)(C)c1cc(C(F)(F)F)cc(C(F)(F)F)c1.Cc1ccccc1B(O)O. The van der Waals surface area contributed by atoms with Crippen LogP contribution in [0.15, 0.2) is 79.0 Å². The molecule has 1 aliphatic rings. The molecule has 0 aliphatic carbocycles. The molecule has 3 N–H and O–H groups in total. The lowest BCUT2D eigenvalue weighted by Gasteiger charge is -2.32. The molecule has 5 rings (SSSR count). The maximum absolute atomic E-state index is 13.9. The summed E-state index contributed by atoms with van der Waals surface area (Å²) < 4.78 is 81.3. The maximum atomic E-state index is 13.9. The number of aryl methyl sites for hydroxylation is 2. The maximum Gasteiger partial charge on any atom is 0.488 e. The third-order valence-electron chi connectivity index (χ3n) is 9.16. The highest BCUT2D eigenvalue weighted by atomic mass is 19.4. The zero-order chi connectivity index (χ0) is 37.9. The molecule has 0 unspecified atom stereocenters. The van der Waals surface area contributed by atoms with Crippen molar-refractivity contribution in [3.8, 4) is 11.1 Å². The molecule has 1 aliphatic heterocycles. The second-order valence-corrected chi connectivity index (χ2v) is 13.1. The predicted octanol–water partition coefficient (Wildman–Crippen LogP) is 6.67. The van der Waals surface area contributed by atoms with Crippen LogP contribution in [0.2, 0.25) is 0 Å². The number of nitrogens with zero attached hydrogens (tertiary/aromatic N) is 3. The van der Waals surface area contributed by atoms with E-state index in [-0.39, 0.29) is 18.7 Å². The summed E-state index contributed by atoms with van der Waals surface area (Å²) in [6.07, 6.45) is -6.94. The summed E-state index contributed by atoms with van der Waals surface area (Å²) in [5.41, 5.74) is -1.06. The van der Waals surface area contributed by atoms with Crippen molar-refractivity contribution in [3.63, 3.8) is 0 Å². The number of amides is 1. The van der Waals surface area contributed by atoms with Crippen LogP contribution in [-0.2, 0) is 22.6 Å². The molecular weight excluding hydrogens is 675 g/mol. The first-order valence-corrected chi connectivity index (χ1v) is 16.2. The van der Waals surface area contributed by atoms with Crippen LogP contribution >= 0.6 is 0 Å². The molecule has 1 saturated heterocycles. The zero-order valence-corrected chi connectivity index (χ0v) is 28.8. The largest absolute Gasteiger partial charge is 0.488 e. The van der Waals surface area contributed by atoms with Crippen molar-refractivity contribution < 1.29 is 46.3 Å². The number of alkyl halides is 6. The van der Waals surface area contributed by atoms with Gasteiger partial charge in [-0.15, -0.1) is 0 Å². The van der Waals surface area contributed by atoms with E-state index in [0.29, 0.717) is 41.2 Å². The molecule has 51 heavy (non-hydrogen) atoms. The van der Waals surface area contributed by atoms with Gasteiger partial charge >= 0.3 is 19.5 Å². The van der Waals surface area contributed by atoms with Gasteiger partial charge in [0.2, 0.25) is 5.91 Å². The Hall–Kier alpha value is -4.40. The summed E-state index contributed by atoms with van der Waals surface area (Å²) in [6.45, 7) is 6.96. The van der Waals surface area contributed by atoms with Crippen LogP contribution in [0.4, 0.5) is 37.8 Å². The molecule has 1 amide bonds. The molecule has 2 heterocycles. The lowest BCUT2D eigenvalue weighted by atomic mass is 9.77. The average Bonchev–Trinajstić information content (AvgIpc) is 3.56. The Morgan fingerprint density at radius 1 is 0.863 bits per heavy atom. The molecule has 0 radical (unpaired) electrons. The third kappa shape index (κ3) is 8.92. The smallest absolute Gasteiger partial charge is 0.423 e. The van der Waals surface area contributed by atoms with Crippen molar-refractivity contribution in [3.05, 3.63) is 107 Å². The number of pyridine rings is 1. The Balaban J connectivity index is 0.000000502. The van der Waals surface area contributed by atoms with Gasteiger partial charge in [-0.3, -0.25) is 4.79 Å². The Morgan fingerprint density at radius 3 is 1.92 bits per heavy atom. The van der Waals surface area contributed by atoms with E-state index in [4.69, 9.17) is 10.0 Å². The van der Waals surface area contributed by atoms with Gasteiger partial charge in [-0.1, -0.05) is 54.1 Å². The fraction of sp³-hybridized carbons (Fsp3) is 0.351. The van der Waals surface area contributed by atoms with Gasteiger partial charge in [-0.2, -0.15) is 26.3 Å². The molecule has 272 valence electrons. The summed E-state index contributed by atoms with van der Waals surface area (Å²) in [4.78, 5) is 21.6. The molecule has 1 atom stereocenters. The van der Waals surface area contributed by atoms with E-state index >= 15 is 0 Å². The van der Waals surface area contributed by atoms with Crippen molar-refractivity contribution >= 4 is 30.0 Å². The van der Waals surface area contributed by atoms with Gasteiger partial charge in [0, 0.05) is 19.2 Å². The molecule has 1 aromatic heterocycles. The quantitative estimate of drug-likeness (QED) is 0.146. The fourth-order valence-electron chi connectivity index (χ4n) is 6.12. The molecule has 0 bridgehead atoms. The number of hydrogen-bond donors (Lipinski definition) is 3. The second kappa shape index (κ2) is 15.5. The van der Waals surface area contributed by atoms with Crippen LogP contribution in [0.3, 0.4) is 0 Å². The summed E-state index contributed by atoms with van der Waals surface area (Å²) in [5.74, 6) is -0.125. The first kappa shape index (κ1) is 39.4. The Morgan fingerprint density at radius 2 is 1.41 bits per heavy atom. The van der Waals surface area contributed by atoms with Gasteiger partial charge in [0.25, 0.3) is 0 Å². The molecule has 3 aromatic carbocycles. The van der Waals surface area contributed by atoms with E-state index in [1.807, 2.05) is 55.1 Å². The minimum Gasteiger partial charge on any atom is -0.423 e. The number of likely N-dealkylation sites (N-methyl/N-ethyl adjacent to an activating group) is 1. The van der Waals surface area contributed by atoms with Crippen LogP contribution in [0.1, 0.15) is 54.5 Å². The summed E-state index contributed by atoms with van der Waals surface area (Å²) >= 11 is 0. The normalized spacial score (nSPS) is 14.9. The molecule has 1 fully saturated rings. The summed E-state index contributed by atoms with van der Waals surface area (Å²) in [7, 11) is 0.0777. The number of benzene rings is 3. The van der Waals surface area contributed by atoms with E-state index in [1.54, 1.807) is 18.2 Å². The summed E-state index contributed by atoms with van der Waals surface area (Å²) in [5, 5.41) is 27.3. The Kier molecular flexibility index (Phi) is 11.9. The number of aromatic nitrogens is 1. The number of halogens is 6. The van der Waals surface area contributed by atoms with Crippen molar-refractivity contribution in [2.24, 2.45) is 0 Å². The molecule has 0 saturated carbocycles. The highest BCUT2D eigenvalue weighted by Gasteiger charge is 2.41. The second-order valence-electron chi connectivity index (χ2n) is 13.1. The number of aliphatic hydroxyl groups is 1. The van der Waals surface area contributed by atoms with Gasteiger partial charge in [0.05, 0.1) is 41.1 Å². The molecular formula is C37H40BF6N3O4. The lowest BCUT2D eigenvalue weighted by molar-refractivity contribution is -0.143. The molecule has 14 heteroatoms. The highest BCUT2D eigenvalue weighted by Crippen LogP contribution is 2.41. The van der Waals surface area contributed by atoms with Gasteiger partial charge < -0.3 is 25.0 Å². The Labute approximate surface area is 293 Å². The van der Waals surface area contributed by atoms with E-state index < -0.39 is 47.5 Å².